The number of hydrogen-bond donors (Lipinski definition) is 1. The summed E-state index contributed by atoms with van der Waals surface area (Å²) in [6, 6.07) is 3.83. The zero-order valence-corrected chi connectivity index (χ0v) is 17.0. The Morgan fingerprint density at radius 3 is 2.67 bits per heavy atom. The standard InChI is InChI=1S/C20H25N3O2S2/c24-18(14-3-1-4-14)21-9-6-16-13-27-19(22-16)15-7-10-23(11-8-15)20(25)17-5-2-12-26-17/h2,5,12-15H,1,3-4,6-11H2,(H,21,24). The van der Waals surface area contributed by atoms with Gasteiger partial charge in [0.05, 0.1) is 15.6 Å². The Kier molecular flexibility index (Phi) is 5.88. The van der Waals surface area contributed by atoms with Crippen LogP contribution in [0.15, 0.2) is 22.9 Å². The minimum Gasteiger partial charge on any atom is -0.355 e. The molecule has 1 saturated carbocycles. The lowest BCUT2D eigenvalue weighted by molar-refractivity contribution is -0.127. The molecule has 4 rings (SSSR count). The maximum absolute atomic E-state index is 12.4. The summed E-state index contributed by atoms with van der Waals surface area (Å²) in [7, 11) is 0. The van der Waals surface area contributed by atoms with Gasteiger partial charge in [0, 0.05) is 43.3 Å². The number of hydrogen-bond acceptors (Lipinski definition) is 5. The lowest BCUT2D eigenvalue weighted by Gasteiger charge is -2.30. The quantitative estimate of drug-likeness (QED) is 0.800. The van der Waals surface area contributed by atoms with E-state index in [0.29, 0.717) is 12.5 Å². The maximum Gasteiger partial charge on any atom is 0.263 e. The Bertz CT molecular complexity index is 775. The Balaban J connectivity index is 1.23. The number of thiophene rings is 1. The molecule has 2 aliphatic rings. The Morgan fingerprint density at radius 2 is 2.00 bits per heavy atom. The molecule has 0 bridgehead atoms. The second kappa shape index (κ2) is 8.52. The molecule has 7 heteroatoms. The highest BCUT2D eigenvalue weighted by molar-refractivity contribution is 7.12. The fourth-order valence-electron chi connectivity index (χ4n) is 3.64. The van der Waals surface area contributed by atoms with Gasteiger partial charge >= 0.3 is 0 Å². The third-order valence-electron chi connectivity index (χ3n) is 5.59. The summed E-state index contributed by atoms with van der Waals surface area (Å²) in [5, 5.41) is 8.28. The van der Waals surface area contributed by atoms with E-state index in [1.807, 2.05) is 22.4 Å². The number of rotatable bonds is 6. The van der Waals surface area contributed by atoms with E-state index >= 15 is 0 Å². The van der Waals surface area contributed by atoms with Gasteiger partial charge in [-0.1, -0.05) is 12.5 Å². The van der Waals surface area contributed by atoms with Crippen molar-refractivity contribution in [1.29, 1.82) is 0 Å². The van der Waals surface area contributed by atoms with E-state index in [-0.39, 0.29) is 17.7 Å². The van der Waals surface area contributed by atoms with Crippen LogP contribution in [0, 0.1) is 5.92 Å². The molecule has 1 aliphatic carbocycles. The largest absolute Gasteiger partial charge is 0.355 e. The van der Waals surface area contributed by atoms with Gasteiger partial charge in [0.15, 0.2) is 0 Å². The van der Waals surface area contributed by atoms with Crippen LogP contribution in [-0.2, 0) is 11.2 Å². The first-order chi connectivity index (χ1) is 13.2. The van der Waals surface area contributed by atoms with Crippen LogP contribution in [0.4, 0.5) is 0 Å². The normalized spacial score (nSPS) is 18.3. The molecule has 1 N–H and O–H groups in total. The first-order valence-electron chi connectivity index (χ1n) is 9.75. The van der Waals surface area contributed by atoms with Crippen molar-refractivity contribution in [3.8, 4) is 0 Å². The fraction of sp³-hybridized carbons (Fsp3) is 0.550. The molecule has 0 unspecified atom stereocenters. The number of nitrogens with zero attached hydrogens (tertiary/aromatic N) is 2. The maximum atomic E-state index is 12.4. The SMILES string of the molecule is O=C(NCCc1csc(C2CCN(C(=O)c3cccs3)CC2)n1)C1CCC1. The highest BCUT2D eigenvalue weighted by Crippen LogP contribution is 2.31. The van der Waals surface area contributed by atoms with Crippen molar-refractivity contribution < 1.29 is 9.59 Å². The van der Waals surface area contributed by atoms with Crippen molar-refractivity contribution in [2.75, 3.05) is 19.6 Å². The molecular weight excluding hydrogens is 378 g/mol. The minimum atomic E-state index is 0.158. The van der Waals surface area contributed by atoms with Crippen molar-refractivity contribution in [2.24, 2.45) is 5.92 Å². The molecule has 2 fully saturated rings. The van der Waals surface area contributed by atoms with Crippen molar-refractivity contribution in [3.05, 3.63) is 38.5 Å². The molecule has 0 radical (unpaired) electrons. The summed E-state index contributed by atoms with van der Waals surface area (Å²) in [5.41, 5.74) is 1.07. The Labute approximate surface area is 167 Å². The van der Waals surface area contributed by atoms with Gasteiger partial charge < -0.3 is 10.2 Å². The van der Waals surface area contributed by atoms with Crippen LogP contribution >= 0.6 is 22.7 Å². The van der Waals surface area contributed by atoms with E-state index in [2.05, 4.69) is 10.7 Å². The highest BCUT2D eigenvalue weighted by atomic mass is 32.1. The number of thiazole rings is 1. The first-order valence-corrected chi connectivity index (χ1v) is 11.5. The third-order valence-corrected chi connectivity index (χ3v) is 7.50. The number of likely N-dealkylation sites (tertiary alicyclic amines) is 1. The van der Waals surface area contributed by atoms with Crippen molar-refractivity contribution in [2.45, 2.75) is 44.4 Å². The molecule has 2 aromatic heterocycles. The van der Waals surface area contributed by atoms with Crippen molar-refractivity contribution >= 4 is 34.5 Å². The number of amides is 2. The summed E-state index contributed by atoms with van der Waals surface area (Å²) in [5.74, 6) is 1.06. The number of nitrogens with one attached hydrogen (secondary N) is 1. The van der Waals surface area contributed by atoms with Gasteiger partial charge in [-0.3, -0.25) is 9.59 Å². The predicted octanol–water partition coefficient (Wildman–Crippen LogP) is 3.68. The first kappa shape index (κ1) is 18.6. The summed E-state index contributed by atoms with van der Waals surface area (Å²) >= 11 is 3.23. The smallest absolute Gasteiger partial charge is 0.263 e. The molecule has 0 aromatic carbocycles. The van der Waals surface area contributed by atoms with Crippen LogP contribution in [0.3, 0.4) is 0 Å². The zero-order chi connectivity index (χ0) is 18.6. The third kappa shape index (κ3) is 4.41. The van der Waals surface area contributed by atoms with Crippen LogP contribution < -0.4 is 5.32 Å². The van der Waals surface area contributed by atoms with Crippen LogP contribution in [0.1, 0.15) is 58.4 Å². The molecular formula is C20H25N3O2S2. The van der Waals surface area contributed by atoms with Gasteiger partial charge in [-0.05, 0) is 37.1 Å². The number of piperidine rings is 1. The van der Waals surface area contributed by atoms with E-state index in [4.69, 9.17) is 4.98 Å². The lowest BCUT2D eigenvalue weighted by atomic mass is 9.85. The topological polar surface area (TPSA) is 62.3 Å². The van der Waals surface area contributed by atoms with Gasteiger partial charge in [0.2, 0.25) is 5.91 Å². The number of carbonyl (C=O) groups excluding carboxylic acids is 2. The second-order valence-corrected chi connectivity index (χ2v) is 9.23. The van der Waals surface area contributed by atoms with Gasteiger partial charge in [0.25, 0.3) is 5.91 Å². The Morgan fingerprint density at radius 1 is 1.19 bits per heavy atom. The average molecular weight is 404 g/mol. The molecule has 0 atom stereocenters. The molecule has 2 aromatic rings. The van der Waals surface area contributed by atoms with E-state index in [0.717, 1.165) is 55.8 Å². The van der Waals surface area contributed by atoms with Gasteiger partial charge in [-0.15, -0.1) is 22.7 Å². The van der Waals surface area contributed by atoms with Crippen molar-refractivity contribution in [3.63, 3.8) is 0 Å². The van der Waals surface area contributed by atoms with E-state index in [1.54, 1.807) is 11.3 Å². The summed E-state index contributed by atoms with van der Waals surface area (Å²) in [4.78, 5) is 31.9. The molecule has 5 nitrogen and oxygen atoms in total. The van der Waals surface area contributed by atoms with Crippen LogP contribution in [-0.4, -0.2) is 41.3 Å². The molecule has 1 saturated heterocycles. The van der Waals surface area contributed by atoms with E-state index in [9.17, 15) is 9.59 Å². The van der Waals surface area contributed by atoms with E-state index < -0.39 is 0 Å². The van der Waals surface area contributed by atoms with Crippen molar-refractivity contribution in [1.82, 2.24) is 15.2 Å². The van der Waals surface area contributed by atoms with Crippen LogP contribution in [0.2, 0.25) is 0 Å². The molecule has 27 heavy (non-hydrogen) atoms. The van der Waals surface area contributed by atoms with Gasteiger partial charge in [-0.2, -0.15) is 0 Å². The molecule has 2 amide bonds. The Hall–Kier alpha value is -1.73. The summed E-state index contributed by atoms with van der Waals surface area (Å²) in [6.07, 6.45) is 6.02. The molecule has 144 valence electrons. The highest BCUT2D eigenvalue weighted by Gasteiger charge is 2.27. The van der Waals surface area contributed by atoms with Crippen LogP contribution in [0.25, 0.3) is 0 Å². The molecule has 0 spiro atoms. The van der Waals surface area contributed by atoms with E-state index in [1.165, 1.54) is 22.8 Å². The summed E-state index contributed by atoms with van der Waals surface area (Å²) < 4.78 is 0. The van der Waals surface area contributed by atoms with Gasteiger partial charge in [0.1, 0.15) is 0 Å². The zero-order valence-electron chi connectivity index (χ0n) is 15.4. The number of aromatic nitrogens is 1. The predicted molar refractivity (Wildman–Crippen MR) is 108 cm³/mol. The minimum absolute atomic E-state index is 0.158. The van der Waals surface area contributed by atoms with Crippen LogP contribution in [0.5, 0.6) is 0 Å². The molecule has 3 heterocycles. The monoisotopic (exact) mass is 403 g/mol. The molecule has 1 aliphatic heterocycles. The number of carbonyl (C=O) groups is 2. The summed E-state index contributed by atoms with van der Waals surface area (Å²) in [6.45, 7) is 2.27. The average Bonchev–Trinajstić information content (AvgIpc) is 3.32. The second-order valence-electron chi connectivity index (χ2n) is 7.39. The lowest BCUT2D eigenvalue weighted by Crippen LogP contribution is -2.37. The fourth-order valence-corrected chi connectivity index (χ4v) is 5.36. The van der Waals surface area contributed by atoms with Gasteiger partial charge in [-0.25, -0.2) is 4.98 Å².